The summed E-state index contributed by atoms with van der Waals surface area (Å²) in [7, 11) is 1.70. The van der Waals surface area contributed by atoms with E-state index in [4.69, 9.17) is 9.47 Å². The van der Waals surface area contributed by atoms with E-state index in [0.717, 1.165) is 29.9 Å². The van der Waals surface area contributed by atoms with Crippen molar-refractivity contribution in [3.05, 3.63) is 35.9 Å². The summed E-state index contributed by atoms with van der Waals surface area (Å²) in [5.74, 6) is 2.35. The fourth-order valence-electron chi connectivity index (χ4n) is 5.19. The van der Waals surface area contributed by atoms with Gasteiger partial charge in [0.1, 0.15) is 0 Å². The first kappa shape index (κ1) is 19.9. The van der Waals surface area contributed by atoms with Gasteiger partial charge in [-0.3, -0.25) is 19.5 Å². The highest BCUT2D eigenvalue weighted by Gasteiger charge is 2.58. The molecule has 8 nitrogen and oxygen atoms in total. The molecule has 1 aromatic carbocycles. The van der Waals surface area contributed by atoms with E-state index in [1.807, 2.05) is 18.2 Å². The third-order valence-corrected chi connectivity index (χ3v) is 6.68. The number of carbonyl (C=O) groups excluding carboxylic acids is 2. The summed E-state index contributed by atoms with van der Waals surface area (Å²) in [4.78, 5) is 31.2. The quantitative estimate of drug-likeness (QED) is 0.321. The molecule has 2 amide bonds. The fourth-order valence-corrected chi connectivity index (χ4v) is 5.19. The van der Waals surface area contributed by atoms with Gasteiger partial charge < -0.3 is 20.1 Å². The maximum atomic E-state index is 12.8. The first-order valence-electron chi connectivity index (χ1n) is 11.0. The van der Waals surface area contributed by atoms with Gasteiger partial charge in [-0.2, -0.15) is 0 Å². The van der Waals surface area contributed by atoms with Crippen molar-refractivity contribution in [2.45, 2.75) is 19.4 Å². The molecule has 2 heterocycles. The number of likely N-dealkylation sites (tertiary alicyclic amines) is 1. The molecule has 4 atom stereocenters. The number of imide groups is 1. The average molecular weight is 425 g/mol. The van der Waals surface area contributed by atoms with Gasteiger partial charge in [0.2, 0.25) is 11.8 Å². The predicted molar refractivity (Wildman–Crippen MR) is 115 cm³/mol. The predicted octanol–water partition coefficient (Wildman–Crippen LogP) is 1.32. The number of amides is 2. The van der Waals surface area contributed by atoms with Crippen molar-refractivity contribution in [1.29, 1.82) is 0 Å². The summed E-state index contributed by atoms with van der Waals surface area (Å²) < 4.78 is 11.4. The highest BCUT2D eigenvalue weighted by atomic mass is 16.5. The third kappa shape index (κ3) is 3.64. The number of benzene rings is 1. The number of nitrogens with zero attached hydrogens (tertiary/aromatic N) is 2. The zero-order valence-corrected chi connectivity index (χ0v) is 17.7. The number of rotatable bonds is 5. The number of hydrogen-bond acceptors (Lipinski definition) is 5. The lowest BCUT2D eigenvalue weighted by Gasteiger charge is -2.19. The minimum absolute atomic E-state index is 0.0104. The summed E-state index contributed by atoms with van der Waals surface area (Å²) in [5, 5.41) is 6.47. The molecule has 4 unspecified atom stereocenters. The normalized spacial score (nSPS) is 28.7. The zero-order valence-electron chi connectivity index (χ0n) is 17.7. The molecule has 1 saturated heterocycles. The minimum atomic E-state index is -0.139. The second kappa shape index (κ2) is 8.24. The Morgan fingerprint density at radius 2 is 1.77 bits per heavy atom. The number of nitrogens with one attached hydrogen (secondary N) is 2. The Balaban J connectivity index is 1.12. The van der Waals surface area contributed by atoms with Crippen LogP contribution in [0.2, 0.25) is 0 Å². The minimum Gasteiger partial charge on any atom is -0.490 e. The van der Waals surface area contributed by atoms with Crippen molar-refractivity contribution in [3.8, 4) is 11.5 Å². The standard InChI is InChI=1S/C23H28N4O4/c1-24-23(26-13-14-3-6-17-18(11-14)31-10-2-9-30-17)25-7-8-27-21(28)19-15-4-5-16(12-15)20(19)22(27)29/h3-6,11,15-16,19-20H,2,7-10,12-13H2,1H3,(H2,24,25,26). The number of hydrogen-bond donors (Lipinski definition) is 2. The van der Waals surface area contributed by atoms with Gasteiger partial charge in [0.25, 0.3) is 0 Å². The van der Waals surface area contributed by atoms with E-state index in [9.17, 15) is 9.59 Å². The van der Waals surface area contributed by atoms with Crippen molar-refractivity contribution < 1.29 is 19.1 Å². The van der Waals surface area contributed by atoms with E-state index >= 15 is 0 Å². The molecule has 31 heavy (non-hydrogen) atoms. The van der Waals surface area contributed by atoms with Crippen LogP contribution >= 0.6 is 0 Å². The molecule has 2 N–H and O–H groups in total. The van der Waals surface area contributed by atoms with Gasteiger partial charge >= 0.3 is 0 Å². The van der Waals surface area contributed by atoms with Crippen LogP contribution in [0.25, 0.3) is 0 Å². The molecule has 2 aliphatic heterocycles. The van der Waals surface area contributed by atoms with Crippen LogP contribution in [0, 0.1) is 23.7 Å². The van der Waals surface area contributed by atoms with Crippen LogP contribution < -0.4 is 20.1 Å². The first-order chi connectivity index (χ1) is 15.2. The Kier molecular flexibility index (Phi) is 5.29. The number of allylic oxidation sites excluding steroid dienone is 2. The molecule has 8 heteroatoms. The van der Waals surface area contributed by atoms with E-state index < -0.39 is 0 Å². The smallest absolute Gasteiger partial charge is 0.233 e. The Labute approximate surface area is 181 Å². The topological polar surface area (TPSA) is 92.3 Å². The number of aliphatic imine (C=N–C) groups is 1. The first-order valence-corrected chi connectivity index (χ1v) is 11.0. The van der Waals surface area contributed by atoms with Gasteiger partial charge in [-0.15, -0.1) is 0 Å². The lowest BCUT2D eigenvalue weighted by molar-refractivity contribution is -0.140. The maximum absolute atomic E-state index is 12.8. The van der Waals surface area contributed by atoms with Crippen LogP contribution in [-0.4, -0.2) is 56.0 Å². The van der Waals surface area contributed by atoms with Gasteiger partial charge in [-0.05, 0) is 36.0 Å². The van der Waals surface area contributed by atoms with Gasteiger partial charge in [-0.1, -0.05) is 18.2 Å². The molecular formula is C23H28N4O4. The molecule has 0 aromatic heterocycles. The molecule has 0 spiro atoms. The van der Waals surface area contributed by atoms with Gasteiger partial charge in [0.15, 0.2) is 17.5 Å². The number of ether oxygens (including phenoxy) is 2. The Bertz CT molecular complexity index is 914. The van der Waals surface area contributed by atoms with Crippen LogP contribution in [0.15, 0.2) is 35.3 Å². The number of carbonyl (C=O) groups is 2. The molecule has 164 valence electrons. The second-order valence-corrected chi connectivity index (χ2v) is 8.51. The van der Waals surface area contributed by atoms with Crippen molar-refractivity contribution in [1.82, 2.24) is 15.5 Å². The maximum Gasteiger partial charge on any atom is 0.233 e. The van der Waals surface area contributed by atoms with Crippen LogP contribution in [0.5, 0.6) is 11.5 Å². The van der Waals surface area contributed by atoms with Crippen molar-refractivity contribution in [2.75, 3.05) is 33.4 Å². The van der Waals surface area contributed by atoms with E-state index in [-0.39, 0.29) is 35.5 Å². The zero-order chi connectivity index (χ0) is 21.4. The molecule has 1 aromatic rings. The Morgan fingerprint density at radius 1 is 1.06 bits per heavy atom. The third-order valence-electron chi connectivity index (χ3n) is 6.68. The van der Waals surface area contributed by atoms with Crippen LogP contribution in [0.4, 0.5) is 0 Å². The van der Waals surface area contributed by atoms with Crippen molar-refractivity contribution >= 4 is 17.8 Å². The molecule has 2 aliphatic carbocycles. The van der Waals surface area contributed by atoms with E-state index in [0.29, 0.717) is 38.8 Å². The van der Waals surface area contributed by atoms with Crippen LogP contribution in [0.1, 0.15) is 18.4 Å². The van der Waals surface area contributed by atoms with E-state index in [1.54, 1.807) is 7.05 Å². The highest BCUT2D eigenvalue weighted by Crippen LogP contribution is 2.52. The Morgan fingerprint density at radius 3 is 2.48 bits per heavy atom. The summed E-state index contributed by atoms with van der Waals surface area (Å²) >= 11 is 0. The summed E-state index contributed by atoms with van der Waals surface area (Å²) in [6, 6.07) is 5.90. The Hall–Kier alpha value is -3.03. The van der Waals surface area contributed by atoms with Crippen molar-refractivity contribution in [2.24, 2.45) is 28.7 Å². The van der Waals surface area contributed by atoms with Gasteiger partial charge in [0.05, 0.1) is 25.0 Å². The number of guanidine groups is 1. The van der Waals surface area contributed by atoms with E-state index in [1.165, 1.54) is 4.90 Å². The average Bonchev–Trinajstić information content (AvgIpc) is 3.40. The van der Waals surface area contributed by atoms with Crippen molar-refractivity contribution in [3.63, 3.8) is 0 Å². The van der Waals surface area contributed by atoms with Gasteiger partial charge in [-0.25, -0.2) is 0 Å². The van der Waals surface area contributed by atoms with Crippen LogP contribution in [-0.2, 0) is 16.1 Å². The van der Waals surface area contributed by atoms with E-state index in [2.05, 4.69) is 27.8 Å². The van der Waals surface area contributed by atoms with Gasteiger partial charge in [0, 0.05) is 33.1 Å². The molecule has 5 rings (SSSR count). The summed E-state index contributed by atoms with van der Waals surface area (Å²) in [6.07, 6.45) is 6.06. The molecule has 4 aliphatic rings. The lowest BCUT2D eigenvalue weighted by Crippen LogP contribution is -2.43. The van der Waals surface area contributed by atoms with Crippen LogP contribution in [0.3, 0.4) is 0 Å². The molecular weight excluding hydrogens is 396 g/mol. The molecule has 2 fully saturated rings. The SMILES string of the molecule is CN=C(NCCN1C(=O)C2C3C=CC(C3)C2C1=O)NCc1ccc2c(c1)OCCCO2. The molecule has 1 saturated carbocycles. The molecule has 2 bridgehead atoms. The summed E-state index contributed by atoms with van der Waals surface area (Å²) in [6.45, 7) is 2.70. The largest absolute Gasteiger partial charge is 0.490 e. The lowest BCUT2D eigenvalue weighted by atomic mass is 9.85. The molecule has 0 radical (unpaired) electrons. The summed E-state index contributed by atoms with van der Waals surface area (Å²) in [5.41, 5.74) is 1.05. The monoisotopic (exact) mass is 424 g/mol. The second-order valence-electron chi connectivity index (χ2n) is 8.51. The number of fused-ring (bicyclic) bond motifs is 6. The highest BCUT2D eigenvalue weighted by molar-refractivity contribution is 6.06. The fraction of sp³-hybridized carbons (Fsp3) is 0.522.